The van der Waals surface area contributed by atoms with Crippen molar-refractivity contribution in [3.05, 3.63) is 0 Å². The number of rotatable bonds is 4. The van der Waals surface area contributed by atoms with Crippen molar-refractivity contribution >= 4 is 46.8 Å². The lowest BCUT2D eigenvalue weighted by atomic mass is 10.4. The second-order valence-corrected chi connectivity index (χ2v) is 5.02. The first-order valence-corrected chi connectivity index (χ1v) is 5.53. The Bertz CT molecular complexity index is 149. The van der Waals surface area contributed by atoms with Crippen LogP contribution < -0.4 is 0 Å². The highest BCUT2D eigenvalue weighted by atomic mass is 35.7. The molecule has 0 N–H and O–H groups in total. The molecule has 0 amide bonds. The van der Waals surface area contributed by atoms with Gasteiger partial charge < -0.3 is 0 Å². The highest BCUT2D eigenvalue weighted by Gasteiger charge is 2.25. The number of carbonyl (C=O) groups is 1. The predicted molar refractivity (Wildman–Crippen MR) is 43.2 cm³/mol. The number of hydrogen-bond acceptors (Lipinski definition) is 2. The third-order valence-corrected chi connectivity index (χ3v) is 3.44. The summed E-state index contributed by atoms with van der Waals surface area (Å²) in [5.74, 6) is 0. The minimum atomic E-state index is -1.92. The SMILES string of the molecule is O=C(Cl)CCC(Cl)[P+](=O)Cl. The summed E-state index contributed by atoms with van der Waals surface area (Å²) in [6.45, 7) is 0. The number of halogens is 3. The largest absolute Gasteiger partial charge is 0.474 e. The Balaban J connectivity index is 3.49. The summed E-state index contributed by atoms with van der Waals surface area (Å²) in [6.07, 6.45) is 0.381. The molecule has 58 valence electrons. The van der Waals surface area contributed by atoms with Crippen molar-refractivity contribution in [2.24, 2.45) is 0 Å². The molecule has 0 radical (unpaired) electrons. The summed E-state index contributed by atoms with van der Waals surface area (Å²) in [5, 5.41) is -1.14. The van der Waals surface area contributed by atoms with Gasteiger partial charge in [0.25, 0.3) is 0 Å². The van der Waals surface area contributed by atoms with Crippen LogP contribution in [0.3, 0.4) is 0 Å². The van der Waals surface area contributed by atoms with Crippen molar-refractivity contribution in [2.75, 3.05) is 0 Å². The molecule has 0 aliphatic heterocycles. The Labute approximate surface area is 74.4 Å². The molecule has 0 bridgehead atoms. The van der Waals surface area contributed by atoms with E-state index in [1.54, 1.807) is 0 Å². The maximum absolute atomic E-state index is 10.4. The molecule has 2 nitrogen and oxygen atoms in total. The minimum Gasteiger partial charge on any atom is -0.281 e. The molecule has 2 unspecified atom stereocenters. The summed E-state index contributed by atoms with van der Waals surface area (Å²) in [5.41, 5.74) is 0. The quantitative estimate of drug-likeness (QED) is 0.416. The maximum atomic E-state index is 10.4. The average molecular weight is 222 g/mol. The van der Waals surface area contributed by atoms with Gasteiger partial charge in [0, 0.05) is 12.8 Å². The lowest BCUT2D eigenvalue weighted by molar-refractivity contribution is -0.111. The zero-order valence-corrected chi connectivity index (χ0v) is 8.05. The van der Waals surface area contributed by atoms with E-state index in [0.717, 1.165) is 0 Å². The summed E-state index contributed by atoms with van der Waals surface area (Å²) < 4.78 is 10.4. The second kappa shape index (κ2) is 5.31. The summed E-state index contributed by atoms with van der Waals surface area (Å²) in [7, 11) is -1.92. The maximum Gasteiger partial charge on any atom is 0.474 e. The van der Waals surface area contributed by atoms with E-state index >= 15 is 0 Å². The molecule has 0 aromatic carbocycles. The van der Waals surface area contributed by atoms with Gasteiger partial charge in [-0.2, -0.15) is 0 Å². The zero-order valence-electron chi connectivity index (χ0n) is 4.89. The van der Waals surface area contributed by atoms with Crippen molar-refractivity contribution in [1.82, 2.24) is 0 Å². The highest BCUT2D eigenvalue weighted by molar-refractivity contribution is 7.75. The van der Waals surface area contributed by atoms with Gasteiger partial charge in [0.15, 0.2) is 0 Å². The van der Waals surface area contributed by atoms with Crippen LogP contribution in [0.2, 0.25) is 0 Å². The third kappa shape index (κ3) is 5.43. The fraction of sp³-hybridized carbons (Fsp3) is 0.750. The Morgan fingerprint density at radius 3 is 2.40 bits per heavy atom. The normalized spacial score (nSPS) is 14.5. The van der Waals surface area contributed by atoms with Crippen LogP contribution in [-0.4, -0.2) is 10.4 Å². The molecule has 0 aromatic heterocycles. The van der Waals surface area contributed by atoms with Crippen molar-refractivity contribution in [2.45, 2.75) is 18.0 Å². The van der Waals surface area contributed by atoms with E-state index in [2.05, 4.69) is 0 Å². The molecule has 0 spiro atoms. The van der Waals surface area contributed by atoms with Gasteiger partial charge in [-0.15, -0.1) is 0 Å². The molecule has 0 rings (SSSR count). The fourth-order valence-electron chi connectivity index (χ4n) is 0.334. The Kier molecular flexibility index (Phi) is 5.65. The number of alkyl halides is 1. The topological polar surface area (TPSA) is 34.1 Å². The molecule has 0 saturated carbocycles. The van der Waals surface area contributed by atoms with Gasteiger partial charge in [-0.3, -0.25) is 4.79 Å². The first kappa shape index (κ1) is 10.6. The van der Waals surface area contributed by atoms with E-state index in [-0.39, 0.29) is 12.8 Å². The van der Waals surface area contributed by atoms with Gasteiger partial charge in [-0.1, -0.05) is 16.2 Å². The smallest absolute Gasteiger partial charge is 0.281 e. The van der Waals surface area contributed by atoms with Crippen molar-refractivity contribution in [3.8, 4) is 0 Å². The van der Waals surface area contributed by atoms with Crippen LogP contribution >= 0.6 is 41.6 Å². The summed E-state index contributed by atoms with van der Waals surface area (Å²) in [4.78, 5) is 10.1. The third-order valence-electron chi connectivity index (χ3n) is 0.799. The van der Waals surface area contributed by atoms with Crippen LogP contribution in [0.15, 0.2) is 0 Å². The monoisotopic (exact) mass is 221 g/mol. The lowest BCUT2D eigenvalue weighted by Gasteiger charge is -1.89. The van der Waals surface area contributed by atoms with Gasteiger partial charge >= 0.3 is 7.15 Å². The van der Waals surface area contributed by atoms with Crippen molar-refractivity contribution < 1.29 is 9.36 Å². The molecule has 10 heavy (non-hydrogen) atoms. The van der Waals surface area contributed by atoms with Crippen LogP contribution in [0.5, 0.6) is 0 Å². The molecule has 0 aromatic rings. The van der Waals surface area contributed by atoms with Crippen LogP contribution in [0.4, 0.5) is 0 Å². The van der Waals surface area contributed by atoms with Gasteiger partial charge in [-0.25, -0.2) is 0 Å². The van der Waals surface area contributed by atoms with E-state index in [1.165, 1.54) is 0 Å². The molecule has 0 heterocycles. The van der Waals surface area contributed by atoms with E-state index < -0.39 is 17.5 Å². The van der Waals surface area contributed by atoms with Crippen molar-refractivity contribution in [1.29, 1.82) is 0 Å². The molecule has 2 atom stereocenters. The molecule has 0 saturated heterocycles. The van der Waals surface area contributed by atoms with Gasteiger partial charge in [0.1, 0.15) is 0 Å². The zero-order chi connectivity index (χ0) is 8.15. The van der Waals surface area contributed by atoms with Crippen LogP contribution in [0.1, 0.15) is 12.8 Å². The fourth-order valence-corrected chi connectivity index (χ4v) is 1.18. The first-order valence-electron chi connectivity index (χ1n) is 2.48. The number of carbonyl (C=O) groups excluding carboxylic acids is 1. The molecule has 0 aliphatic rings. The van der Waals surface area contributed by atoms with E-state index in [1.807, 2.05) is 0 Å². The molecule has 0 fully saturated rings. The van der Waals surface area contributed by atoms with Gasteiger partial charge in [0.2, 0.25) is 21.6 Å². The van der Waals surface area contributed by atoms with Gasteiger partial charge in [-0.05, 0) is 11.6 Å². The van der Waals surface area contributed by atoms with Crippen LogP contribution in [0.25, 0.3) is 0 Å². The Hall–Kier alpha value is 0.640. The summed E-state index contributed by atoms with van der Waals surface area (Å²) >= 11 is 15.6. The minimum absolute atomic E-state index is 0.115. The van der Waals surface area contributed by atoms with Gasteiger partial charge in [0.05, 0.1) is 0 Å². The first-order chi connectivity index (χ1) is 4.54. The second-order valence-electron chi connectivity index (χ2n) is 1.60. The lowest BCUT2D eigenvalue weighted by Crippen LogP contribution is -1.93. The number of hydrogen-bond donors (Lipinski definition) is 0. The van der Waals surface area contributed by atoms with E-state index in [0.29, 0.717) is 0 Å². The predicted octanol–water partition coefficient (Wildman–Crippen LogP) is 3.08. The standard InChI is InChI=1S/C4H5Cl3O2P/c5-3(8)1-2-4(6)10(7)9/h4H,1-2H2/q+1. The van der Waals surface area contributed by atoms with Crippen molar-refractivity contribution in [3.63, 3.8) is 0 Å². The highest BCUT2D eigenvalue weighted by Crippen LogP contribution is 2.38. The molecular weight excluding hydrogens is 217 g/mol. The van der Waals surface area contributed by atoms with Crippen LogP contribution in [-0.2, 0) is 9.36 Å². The van der Waals surface area contributed by atoms with E-state index in [9.17, 15) is 9.36 Å². The molecule has 0 aliphatic carbocycles. The Morgan fingerprint density at radius 1 is 1.60 bits per heavy atom. The molecular formula is C4H5Cl3O2P+. The molecule has 6 heteroatoms. The van der Waals surface area contributed by atoms with E-state index in [4.69, 9.17) is 34.4 Å². The van der Waals surface area contributed by atoms with Crippen LogP contribution in [0, 0.1) is 0 Å². The average Bonchev–Trinajstić information content (AvgIpc) is 1.82. The Morgan fingerprint density at radius 2 is 2.10 bits per heavy atom. The summed E-state index contributed by atoms with van der Waals surface area (Å²) in [6, 6.07) is 0.